The van der Waals surface area contributed by atoms with Gasteiger partial charge in [0.05, 0.1) is 7.11 Å². The molecular weight excluding hydrogens is 350 g/mol. The molecule has 1 unspecified atom stereocenters. The van der Waals surface area contributed by atoms with Crippen LogP contribution in [0.1, 0.15) is 46.1 Å². The predicted octanol–water partition coefficient (Wildman–Crippen LogP) is 2.63. The molecule has 2 N–H and O–H groups in total. The Hall–Kier alpha value is -2.41. The first-order valence-corrected chi connectivity index (χ1v) is 9.00. The Kier molecular flexibility index (Phi) is 8.94. The Balaban J connectivity index is 3.04. The Labute approximate surface area is 160 Å². The summed E-state index contributed by atoms with van der Waals surface area (Å²) in [5, 5.41) is 0. The highest BCUT2D eigenvalue weighted by atomic mass is 16.6. The number of benzene rings is 1. The van der Waals surface area contributed by atoms with E-state index in [9.17, 15) is 14.4 Å². The number of esters is 3. The van der Waals surface area contributed by atoms with Crippen LogP contribution in [0.5, 0.6) is 11.5 Å². The molecule has 1 rings (SSSR count). The fourth-order valence-corrected chi connectivity index (χ4v) is 2.33. The second-order valence-corrected chi connectivity index (χ2v) is 7.26. The van der Waals surface area contributed by atoms with Crippen molar-refractivity contribution in [1.82, 2.24) is 0 Å². The molecule has 7 nitrogen and oxygen atoms in total. The molecule has 0 saturated carbocycles. The van der Waals surface area contributed by atoms with Crippen LogP contribution in [-0.2, 0) is 25.5 Å². The zero-order valence-electron chi connectivity index (χ0n) is 16.6. The lowest BCUT2D eigenvalue weighted by Gasteiger charge is -2.15. The number of carbonyl (C=O) groups is 3. The zero-order valence-corrected chi connectivity index (χ0v) is 16.6. The van der Waals surface area contributed by atoms with Crippen LogP contribution in [0.15, 0.2) is 18.2 Å². The highest BCUT2D eigenvalue weighted by molar-refractivity contribution is 5.77. The van der Waals surface area contributed by atoms with Crippen molar-refractivity contribution in [3.63, 3.8) is 0 Å². The van der Waals surface area contributed by atoms with Gasteiger partial charge in [0.25, 0.3) is 0 Å². The average Bonchev–Trinajstić information content (AvgIpc) is 2.54. The number of hydrogen-bond donors (Lipinski definition) is 1. The Morgan fingerprint density at radius 2 is 1.44 bits per heavy atom. The second kappa shape index (κ2) is 10.7. The van der Waals surface area contributed by atoms with Crippen molar-refractivity contribution in [2.45, 2.75) is 53.0 Å². The molecule has 0 aliphatic heterocycles. The summed E-state index contributed by atoms with van der Waals surface area (Å²) in [5.74, 6) is -0.825. The van der Waals surface area contributed by atoms with Gasteiger partial charge in [-0.3, -0.25) is 14.4 Å². The summed E-state index contributed by atoms with van der Waals surface area (Å²) >= 11 is 0. The van der Waals surface area contributed by atoms with Gasteiger partial charge in [-0.25, -0.2) is 0 Å². The maximum absolute atomic E-state index is 12.1. The van der Waals surface area contributed by atoms with Gasteiger partial charge in [0.1, 0.15) is 6.04 Å². The largest absolute Gasteiger partial charge is 0.468 e. The molecule has 0 amide bonds. The first-order valence-electron chi connectivity index (χ1n) is 9.00. The van der Waals surface area contributed by atoms with Crippen LogP contribution in [0, 0.1) is 11.8 Å². The van der Waals surface area contributed by atoms with Crippen LogP contribution in [0.4, 0.5) is 0 Å². The van der Waals surface area contributed by atoms with Crippen LogP contribution in [0.25, 0.3) is 0 Å². The maximum atomic E-state index is 12.1. The minimum absolute atomic E-state index is 0.125. The molecule has 1 aromatic carbocycles. The maximum Gasteiger partial charge on any atom is 0.322 e. The molecule has 1 aromatic rings. The minimum atomic E-state index is -0.844. The van der Waals surface area contributed by atoms with Gasteiger partial charge < -0.3 is 19.9 Å². The molecule has 0 aromatic heterocycles. The van der Waals surface area contributed by atoms with Crippen molar-refractivity contribution in [3.05, 3.63) is 23.8 Å². The van der Waals surface area contributed by atoms with Crippen LogP contribution < -0.4 is 15.2 Å². The van der Waals surface area contributed by atoms with Crippen LogP contribution >= 0.6 is 0 Å². The van der Waals surface area contributed by atoms with Gasteiger partial charge in [-0.05, 0) is 36.0 Å². The van der Waals surface area contributed by atoms with Gasteiger partial charge >= 0.3 is 17.9 Å². The van der Waals surface area contributed by atoms with E-state index in [-0.39, 0.29) is 42.6 Å². The third-order valence-electron chi connectivity index (χ3n) is 3.57. The van der Waals surface area contributed by atoms with Gasteiger partial charge in [0.15, 0.2) is 11.5 Å². The lowest BCUT2D eigenvalue weighted by Crippen LogP contribution is -2.33. The van der Waals surface area contributed by atoms with Gasteiger partial charge in [-0.15, -0.1) is 0 Å². The van der Waals surface area contributed by atoms with E-state index < -0.39 is 23.9 Å². The molecule has 0 aliphatic rings. The number of carbonyl (C=O) groups excluding carboxylic acids is 3. The first kappa shape index (κ1) is 22.6. The molecule has 150 valence electrons. The Morgan fingerprint density at radius 1 is 0.926 bits per heavy atom. The topological polar surface area (TPSA) is 105 Å². The summed E-state index contributed by atoms with van der Waals surface area (Å²) in [6.45, 7) is 7.61. The second-order valence-electron chi connectivity index (χ2n) is 7.26. The smallest absolute Gasteiger partial charge is 0.322 e. The van der Waals surface area contributed by atoms with Crippen molar-refractivity contribution >= 4 is 17.9 Å². The molecule has 0 bridgehead atoms. The summed E-state index contributed by atoms with van der Waals surface area (Å²) < 4.78 is 15.4. The molecule has 0 heterocycles. The van der Waals surface area contributed by atoms with E-state index in [4.69, 9.17) is 15.2 Å². The van der Waals surface area contributed by atoms with Crippen molar-refractivity contribution < 1.29 is 28.6 Å². The van der Waals surface area contributed by atoms with Crippen LogP contribution in [0.3, 0.4) is 0 Å². The molecule has 7 heteroatoms. The number of rotatable bonds is 9. The van der Waals surface area contributed by atoms with E-state index in [1.54, 1.807) is 12.1 Å². The first-order chi connectivity index (χ1) is 12.6. The van der Waals surface area contributed by atoms with Gasteiger partial charge in [-0.1, -0.05) is 33.8 Å². The molecule has 0 saturated heterocycles. The van der Waals surface area contributed by atoms with E-state index in [2.05, 4.69) is 4.74 Å². The summed E-state index contributed by atoms with van der Waals surface area (Å²) in [7, 11) is 1.26. The van der Waals surface area contributed by atoms with Crippen molar-refractivity contribution in [2.75, 3.05) is 7.11 Å². The fourth-order valence-electron chi connectivity index (χ4n) is 2.33. The molecule has 0 aliphatic carbocycles. The predicted molar refractivity (Wildman–Crippen MR) is 100 cm³/mol. The SMILES string of the molecule is COC(=O)C(N)Cc1ccc(OC(=O)CC(C)C)c(OC(=O)CC(C)C)c1. The third kappa shape index (κ3) is 8.21. The van der Waals surface area contributed by atoms with Crippen LogP contribution in [0.2, 0.25) is 0 Å². The summed E-state index contributed by atoms with van der Waals surface area (Å²) in [6.07, 6.45) is 0.668. The van der Waals surface area contributed by atoms with Gasteiger partial charge in [0, 0.05) is 12.8 Å². The Morgan fingerprint density at radius 3 is 1.93 bits per heavy atom. The van der Waals surface area contributed by atoms with Crippen molar-refractivity contribution in [1.29, 1.82) is 0 Å². The summed E-state index contributed by atoms with van der Waals surface area (Å²) in [6, 6.07) is 3.92. The minimum Gasteiger partial charge on any atom is -0.468 e. The van der Waals surface area contributed by atoms with Crippen molar-refractivity contribution in [3.8, 4) is 11.5 Å². The number of ether oxygens (including phenoxy) is 3. The Bertz CT molecular complexity index is 668. The average molecular weight is 379 g/mol. The lowest BCUT2D eigenvalue weighted by molar-refractivity contribution is -0.142. The van der Waals surface area contributed by atoms with E-state index in [0.717, 1.165) is 0 Å². The molecular formula is C20H29NO6. The van der Waals surface area contributed by atoms with E-state index in [1.807, 2.05) is 27.7 Å². The number of methoxy groups -OCH3 is 1. The highest BCUT2D eigenvalue weighted by Gasteiger charge is 2.19. The molecule has 0 radical (unpaired) electrons. The quantitative estimate of drug-likeness (QED) is 0.519. The molecule has 1 atom stereocenters. The lowest BCUT2D eigenvalue weighted by atomic mass is 10.1. The fraction of sp³-hybridized carbons (Fsp3) is 0.550. The van der Waals surface area contributed by atoms with Gasteiger partial charge in [0.2, 0.25) is 0 Å². The van der Waals surface area contributed by atoms with Crippen LogP contribution in [-0.4, -0.2) is 31.1 Å². The van der Waals surface area contributed by atoms with Gasteiger partial charge in [-0.2, -0.15) is 0 Å². The molecule has 0 fully saturated rings. The molecule has 27 heavy (non-hydrogen) atoms. The van der Waals surface area contributed by atoms with E-state index in [1.165, 1.54) is 13.2 Å². The number of nitrogens with two attached hydrogens (primary N) is 1. The number of hydrogen-bond acceptors (Lipinski definition) is 7. The van der Waals surface area contributed by atoms with Crippen molar-refractivity contribution in [2.24, 2.45) is 17.6 Å². The standard InChI is InChI=1S/C20H29NO6/c1-12(2)8-18(22)26-16-7-6-14(10-15(21)20(24)25-5)11-17(16)27-19(23)9-13(3)4/h6-7,11-13,15H,8-10,21H2,1-5H3. The highest BCUT2D eigenvalue weighted by Crippen LogP contribution is 2.30. The summed E-state index contributed by atoms with van der Waals surface area (Å²) in [5.41, 5.74) is 6.44. The summed E-state index contributed by atoms with van der Waals surface area (Å²) in [4.78, 5) is 35.6. The monoisotopic (exact) mass is 379 g/mol. The normalized spacial score (nSPS) is 12.0. The van der Waals surface area contributed by atoms with E-state index in [0.29, 0.717) is 5.56 Å². The molecule has 0 spiro atoms. The van der Waals surface area contributed by atoms with E-state index >= 15 is 0 Å². The zero-order chi connectivity index (χ0) is 20.6. The third-order valence-corrected chi connectivity index (χ3v) is 3.57.